The summed E-state index contributed by atoms with van der Waals surface area (Å²) < 4.78 is 83.2. The highest BCUT2D eigenvalue weighted by atomic mass is 19.4. The Morgan fingerprint density at radius 3 is 1.70 bits per heavy atom. The van der Waals surface area contributed by atoms with E-state index < -0.39 is 34.9 Å². The van der Waals surface area contributed by atoms with Gasteiger partial charge in [0.1, 0.15) is 17.1 Å². The number of nitrogens with two attached hydrogens (primary N) is 2. The Kier molecular flexibility index (Phi) is 4.06. The number of ether oxygens (including phenoxy) is 1. The van der Waals surface area contributed by atoms with Crippen LogP contribution < -0.4 is 16.2 Å². The number of hydrogen-bond acceptors (Lipinski definition) is 3. The minimum Gasteiger partial charge on any atom is -0.457 e. The van der Waals surface area contributed by atoms with Crippen LogP contribution in [-0.2, 0) is 12.4 Å². The molecule has 0 aromatic heterocycles. The second-order valence-electron chi connectivity index (χ2n) is 4.57. The molecule has 0 aliphatic carbocycles. The summed E-state index contributed by atoms with van der Waals surface area (Å²) in [7, 11) is 0. The van der Waals surface area contributed by atoms with Crippen molar-refractivity contribution < 1.29 is 31.1 Å². The highest BCUT2D eigenvalue weighted by Gasteiger charge is 2.47. The zero-order valence-corrected chi connectivity index (χ0v) is 11.3. The Labute approximate surface area is 126 Å². The van der Waals surface area contributed by atoms with Crippen molar-refractivity contribution >= 4 is 11.4 Å². The van der Waals surface area contributed by atoms with Gasteiger partial charge in [-0.2, -0.15) is 26.3 Å². The average molecular weight is 336 g/mol. The molecule has 2 aromatic rings. The number of anilines is 2. The SMILES string of the molecule is Nc1ccc(Oc2ccc(N)c(C(F)(F)F)c2C(F)(F)F)cc1. The van der Waals surface area contributed by atoms with E-state index in [-0.39, 0.29) is 5.75 Å². The van der Waals surface area contributed by atoms with E-state index in [4.69, 9.17) is 16.2 Å². The van der Waals surface area contributed by atoms with E-state index in [2.05, 4.69) is 0 Å². The highest BCUT2D eigenvalue weighted by molar-refractivity contribution is 5.59. The first kappa shape index (κ1) is 16.8. The summed E-state index contributed by atoms with van der Waals surface area (Å²) in [5.74, 6) is -1.09. The Hall–Kier alpha value is -2.58. The molecule has 0 saturated heterocycles. The predicted octanol–water partition coefficient (Wildman–Crippen LogP) is 4.68. The summed E-state index contributed by atoms with van der Waals surface area (Å²) in [6.45, 7) is 0. The molecule has 0 bridgehead atoms. The molecule has 0 aliphatic heterocycles. The lowest BCUT2D eigenvalue weighted by Crippen LogP contribution is -2.19. The van der Waals surface area contributed by atoms with Gasteiger partial charge in [-0.1, -0.05) is 0 Å². The van der Waals surface area contributed by atoms with Gasteiger partial charge in [-0.05, 0) is 36.4 Å². The number of benzene rings is 2. The van der Waals surface area contributed by atoms with E-state index >= 15 is 0 Å². The maximum atomic E-state index is 13.1. The molecule has 2 aromatic carbocycles. The van der Waals surface area contributed by atoms with Crippen molar-refractivity contribution in [3.05, 3.63) is 47.5 Å². The van der Waals surface area contributed by atoms with Gasteiger partial charge in [0.2, 0.25) is 0 Å². The quantitative estimate of drug-likeness (QED) is 0.618. The van der Waals surface area contributed by atoms with Gasteiger partial charge in [-0.3, -0.25) is 0 Å². The van der Waals surface area contributed by atoms with Crippen LogP contribution in [0.5, 0.6) is 11.5 Å². The van der Waals surface area contributed by atoms with Crippen LogP contribution in [0, 0.1) is 0 Å². The number of rotatable bonds is 2. The fraction of sp³-hybridized carbons (Fsp3) is 0.143. The maximum Gasteiger partial charge on any atom is 0.420 e. The van der Waals surface area contributed by atoms with E-state index in [0.717, 1.165) is 6.07 Å². The summed E-state index contributed by atoms with van der Waals surface area (Å²) in [5, 5.41) is 0. The van der Waals surface area contributed by atoms with Crippen molar-refractivity contribution in [1.29, 1.82) is 0 Å². The van der Waals surface area contributed by atoms with E-state index in [0.29, 0.717) is 11.8 Å². The lowest BCUT2D eigenvalue weighted by molar-refractivity contribution is -0.162. The molecule has 3 nitrogen and oxygen atoms in total. The Bertz CT molecular complexity index is 707. The molecule has 2 rings (SSSR count). The van der Waals surface area contributed by atoms with Crippen molar-refractivity contribution in [3.63, 3.8) is 0 Å². The van der Waals surface area contributed by atoms with Crippen LogP contribution in [0.15, 0.2) is 36.4 Å². The molecule has 0 atom stereocenters. The van der Waals surface area contributed by atoms with Crippen molar-refractivity contribution in [3.8, 4) is 11.5 Å². The molecule has 0 radical (unpaired) electrons. The lowest BCUT2D eigenvalue weighted by atomic mass is 10.0. The van der Waals surface area contributed by atoms with Crippen molar-refractivity contribution in [1.82, 2.24) is 0 Å². The van der Waals surface area contributed by atoms with Crippen LogP contribution in [0.25, 0.3) is 0 Å². The van der Waals surface area contributed by atoms with E-state index in [1.165, 1.54) is 24.3 Å². The Balaban J connectivity index is 2.62. The molecule has 124 valence electrons. The maximum absolute atomic E-state index is 13.1. The Morgan fingerprint density at radius 1 is 0.696 bits per heavy atom. The van der Waals surface area contributed by atoms with E-state index in [9.17, 15) is 26.3 Å². The average Bonchev–Trinajstić information content (AvgIpc) is 2.40. The van der Waals surface area contributed by atoms with Crippen LogP contribution in [-0.4, -0.2) is 0 Å². The molecule has 4 N–H and O–H groups in total. The van der Waals surface area contributed by atoms with Gasteiger partial charge in [0.05, 0.1) is 5.56 Å². The third kappa shape index (κ3) is 3.61. The molecule has 0 heterocycles. The first-order valence-corrected chi connectivity index (χ1v) is 6.10. The summed E-state index contributed by atoms with van der Waals surface area (Å²) in [5.41, 5.74) is 5.86. The molecular formula is C14H10F6N2O. The minimum atomic E-state index is -5.30. The van der Waals surface area contributed by atoms with E-state index in [1.54, 1.807) is 0 Å². The molecular weight excluding hydrogens is 326 g/mol. The molecule has 23 heavy (non-hydrogen) atoms. The van der Waals surface area contributed by atoms with E-state index in [1.807, 2.05) is 0 Å². The van der Waals surface area contributed by atoms with Crippen LogP contribution in [0.4, 0.5) is 37.7 Å². The fourth-order valence-corrected chi connectivity index (χ4v) is 1.93. The monoisotopic (exact) mass is 336 g/mol. The number of alkyl halides is 6. The largest absolute Gasteiger partial charge is 0.457 e. The summed E-state index contributed by atoms with van der Waals surface area (Å²) in [6, 6.07) is 6.60. The van der Waals surface area contributed by atoms with Crippen molar-refractivity contribution in [2.75, 3.05) is 11.5 Å². The van der Waals surface area contributed by atoms with Gasteiger partial charge in [0.15, 0.2) is 0 Å². The molecule has 0 amide bonds. The van der Waals surface area contributed by atoms with Crippen LogP contribution in [0.1, 0.15) is 11.1 Å². The molecule has 0 spiro atoms. The van der Waals surface area contributed by atoms with Gasteiger partial charge in [0, 0.05) is 11.4 Å². The summed E-state index contributed by atoms with van der Waals surface area (Å²) >= 11 is 0. The predicted molar refractivity (Wildman–Crippen MR) is 71.8 cm³/mol. The second kappa shape index (κ2) is 5.56. The third-order valence-electron chi connectivity index (χ3n) is 2.87. The smallest absolute Gasteiger partial charge is 0.420 e. The molecule has 9 heteroatoms. The van der Waals surface area contributed by atoms with Crippen LogP contribution >= 0.6 is 0 Å². The second-order valence-corrected chi connectivity index (χ2v) is 4.57. The molecule has 0 unspecified atom stereocenters. The topological polar surface area (TPSA) is 61.3 Å². The number of nitrogen functional groups attached to an aromatic ring is 2. The van der Waals surface area contributed by atoms with Crippen molar-refractivity contribution in [2.24, 2.45) is 0 Å². The van der Waals surface area contributed by atoms with Gasteiger partial charge in [-0.25, -0.2) is 0 Å². The van der Waals surface area contributed by atoms with Gasteiger partial charge >= 0.3 is 12.4 Å². The zero-order chi connectivity index (χ0) is 17.4. The standard InChI is InChI=1S/C14H10F6N2O/c15-13(16,17)11-9(22)5-6-10(12(11)14(18,19)20)23-8-3-1-7(21)2-4-8/h1-6H,21-22H2. The molecule has 0 saturated carbocycles. The minimum absolute atomic E-state index is 0.0948. The summed E-state index contributed by atoms with van der Waals surface area (Å²) in [6.07, 6.45) is -10.6. The van der Waals surface area contributed by atoms with Gasteiger partial charge < -0.3 is 16.2 Å². The Morgan fingerprint density at radius 2 is 1.22 bits per heavy atom. The number of halogens is 6. The van der Waals surface area contributed by atoms with Crippen LogP contribution in [0.2, 0.25) is 0 Å². The first-order valence-electron chi connectivity index (χ1n) is 6.10. The zero-order valence-electron chi connectivity index (χ0n) is 11.3. The molecule has 0 aliphatic rings. The highest BCUT2D eigenvalue weighted by Crippen LogP contribution is 2.48. The van der Waals surface area contributed by atoms with Gasteiger partial charge in [0.25, 0.3) is 0 Å². The first-order chi connectivity index (χ1) is 10.5. The van der Waals surface area contributed by atoms with Crippen molar-refractivity contribution in [2.45, 2.75) is 12.4 Å². The normalized spacial score (nSPS) is 12.3. The fourth-order valence-electron chi connectivity index (χ4n) is 1.93. The number of hydrogen-bond donors (Lipinski definition) is 2. The summed E-state index contributed by atoms with van der Waals surface area (Å²) in [4.78, 5) is 0. The molecule has 0 fully saturated rings. The third-order valence-corrected chi connectivity index (χ3v) is 2.87. The van der Waals surface area contributed by atoms with Gasteiger partial charge in [-0.15, -0.1) is 0 Å². The van der Waals surface area contributed by atoms with Crippen LogP contribution in [0.3, 0.4) is 0 Å². The lowest BCUT2D eigenvalue weighted by Gasteiger charge is -2.20.